The second kappa shape index (κ2) is 6.84. The first kappa shape index (κ1) is 15.7. The number of hydrazine groups is 1. The average Bonchev–Trinajstić information content (AvgIpc) is 2.76. The van der Waals surface area contributed by atoms with Gasteiger partial charge < -0.3 is 0 Å². The average molecular weight is 301 g/mol. The van der Waals surface area contributed by atoms with Crippen LogP contribution in [0.3, 0.4) is 0 Å². The summed E-state index contributed by atoms with van der Waals surface area (Å²) < 4.78 is 1.80. The summed E-state index contributed by atoms with van der Waals surface area (Å²) in [5.41, 5.74) is 8.20. The van der Waals surface area contributed by atoms with Crippen molar-refractivity contribution in [1.82, 2.24) is 25.6 Å². The third-order valence-corrected chi connectivity index (χ3v) is 3.50. The molecule has 116 valence electrons. The van der Waals surface area contributed by atoms with Crippen molar-refractivity contribution < 1.29 is 9.59 Å². The minimum Gasteiger partial charge on any atom is -0.273 e. The zero-order valence-electron chi connectivity index (χ0n) is 12.9. The maximum absolute atomic E-state index is 11.8. The molecule has 2 aromatic heterocycles. The molecule has 0 spiro atoms. The van der Waals surface area contributed by atoms with Crippen molar-refractivity contribution in [1.29, 1.82) is 0 Å². The van der Waals surface area contributed by atoms with E-state index in [0.717, 1.165) is 17.0 Å². The van der Waals surface area contributed by atoms with E-state index in [1.807, 2.05) is 20.9 Å². The van der Waals surface area contributed by atoms with Crippen LogP contribution >= 0.6 is 0 Å². The van der Waals surface area contributed by atoms with Crippen molar-refractivity contribution in [2.75, 3.05) is 0 Å². The summed E-state index contributed by atoms with van der Waals surface area (Å²) in [6, 6.07) is 3.28. The Kier molecular flexibility index (Phi) is 4.88. The zero-order valence-corrected chi connectivity index (χ0v) is 12.9. The van der Waals surface area contributed by atoms with E-state index in [1.165, 1.54) is 6.20 Å². The molecule has 0 saturated heterocycles. The fourth-order valence-electron chi connectivity index (χ4n) is 2.18. The minimum absolute atomic E-state index is 0.250. The lowest BCUT2D eigenvalue weighted by Crippen LogP contribution is -2.41. The van der Waals surface area contributed by atoms with Crippen LogP contribution in [0.1, 0.15) is 33.7 Å². The van der Waals surface area contributed by atoms with Crippen molar-refractivity contribution in [3.63, 3.8) is 0 Å². The molecule has 22 heavy (non-hydrogen) atoms. The van der Waals surface area contributed by atoms with Gasteiger partial charge in [-0.15, -0.1) is 0 Å². The molecule has 2 rings (SSSR count). The van der Waals surface area contributed by atoms with E-state index in [-0.39, 0.29) is 12.3 Å². The number of hydrogen-bond donors (Lipinski definition) is 2. The molecule has 2 aromatic rings. The van der Waals surface area contributed by atoms with Crippen LogP contribution in [0.4, 0.5) is 0 Å². The number of hydrogen-bond acceptors (Lipinski definition) is 4. The molecule has 0 aliphatic heterocycles. The quantitative estimate of drug-likeness (QED) is 0.819. The molecule has 0 atom stereocenters. The molecule has 7 heteroatoms. The molecule has 7 nitrogen and oxygen atoms in total. The van der Waals surface area contributed by atoms with Gasteiger partial charge in [0.2, 0.25) is 5.91 Å². The van der Waals surface area contributed by atoms with E-state index < -0.39 is 5.91 Å². The number of aromatic nitrogens is 3. The van der Waals surface area contributed by atoms with Crippen molar-refractivity contribution >= 4 is 11.8 Å². The topological polar surface area (TPSA) is 88.9 Å². The molecular weight excluding hydrogens is 282 g/mol. The van der Waals surface area contributed by atoms with Gasteiger partial charge in [-0.25, -0.2) is 0 Å². The first-order valence-electron chi connectivity index (χ1n) is 6.97. The standard InChI is InChI=1S/C15H19N5O2/c1-10-13(11(2)20(3)19-10)6-7-14(21)17-18-15(22)12-5-4-8-16-9-12/h4-5,8-9H,6-7H2,1-3H3,(H,17,21)(H,18,22). The number of nitrogens with zero attached hydrogens (tertiary/aromatic N) is 3. The maximum atomic E-state index is 11.8. The molecule has 0 aliphatic rings. The minimum atomic E-state index is -0.393. The Morgan fingerprint density at radius 2 is 2.05 bits per heavy atom. The van der Waals surface area contributed by atoms with E-state index in [4.69, 9.17) is 0 Å². The lowest BCUT2D eigenvalue weighted by atomic mass is 10.1. The maximum Gasteiger partial charge on any atom is 0.271 e. The molecule has 0 bridgehead atoms. The second-order valence-electron chi connectivity index (χ2n) is 5.02. The van der Waals surface area contributed by atoms with Gasteiger partial charge in [-0.05, 0) is 38.0 Å². The zero-order chi connectivity index (χ0) is 16.1. The summed E-state index contributed by atoms with van der Waals surface area (Å²) in [6.07, 6.45) is 3.87. The molecule has 0 aromatic carbocycles. The smallest absolute Gasteiger partial charge is 0.271 e. The number of pyridine rings is 1. The van der Waals surface area contributed by atoms with Crippen LogP contribution in [0, 0.1) is 13.8 Å². The number of carbonyl (C=O) groups is 2. The lowest BCUT2D eigenvalue weighted by molar-refractivity contribution is -0.121. The predicted molar refractivity (Wildman–Crippen MR) is 80.8 cm³/mol. The highest BCUT2D eigenvalue weighted by molar-refractivity contribution is 5.95. The molecule has 0 unspecified atom stereocenters. The Morgan fingerprint density at radius 1 is 1.27 bits per heavy atom. The van der Waals surface area contributed by atoms with E-state index >= 15 is 0 Å². The largest absolute Gasteiger partial charge is 0.273 e. The van der Waals surface area contributed by atoms with Gasteiger partial charge in [-0.3, -0.25) is 30.1 Å². The Morgan fingerprint density at radius 3 is 2.64 bits per heavy atom. The lowest BCUT2D eigenvalue weighted by Gasteiger charge is -2.07. The van der Waals surface area contributed by atoms with Gasteiger partial charge in [0.15, 0.2) is 0 Å². The second-order valence-corrected chi connectivity index (χ2v) is 5.02. The number of carbonyl (C=O) groups excluding carboxylic acids is 2. The van der Waals surface area contributed by atoms with Crippen molar-refractivity contribution in [2.45, 2.75) is 26.7 Å². The van der Waals surface area contributed by atoms with Gasteiger partial charge >= 0.3 is 0 Å². The normalized spacial score (nSPS) is 10.3. The summed E-state index contributed by atoms with van der Waals surface area (Å²) >= 11 is 0. The van der Waals surface area contributed by atoms with E-state index in [9.17, 15) is 9.59 Å². The summed E-state index contributed by atoms with van der Waals surface area (Å²) in [5.74, 6) is -0.643. The Balaban J connectivity index is 1.82. The molecule has 0 saturated carbocycles. The third-order valence-electron chi connectivity index (χ3n) is 3.50. The van der Waals surface area contributed by atoms with E-state index in [1.54, 1.807) is 23.0 Å². The first-order chi connectivity index (χ1) is 10.5. The fraction of sp³-hybridized carbons (Fsp3) is 0.333. The van der Waals surface area contributed by atoms with E-state index in [0.29, 0.717) is 12.0 Å². The Hall–Kier alpha value is -2.70. The van der Waals surface area contributed by atoms with E-state index in [2.05, 4.69) is 20.9 Å². The summed E-state index contributed by atoms with van der Waals surface area (Å²) in [6.45, 7) is 3.89. The Bertz CT molecular complexity index is 679. The van der Waals surface area contributed by atoms with Crippen LogP contribution in [0.2, 0.25) is 0 Å². The van der Waals surface area contributed by atoms with Crippen LogP contribution in [-0.2, 0) is 18.3 Å². The molecular formula is C15H19N5O2. The molecule has 2 amide bonds. The van der Waals surface area contributed by atoms with Gasteiger partial charge in [0, 0.05) is 31.6 Å². The van der Waals surface area contributed by atoms with Gasteiger partial charge in [0.05, 0.1) is 11.3 Å². The SMILES string of the molecule is Cc1nn(C)c(C)c1CCC(=O)NNC(=O)c1cccnc1. The molecule has 0 radical (unpaired) electrons. The van der Waals surface area contributed by atoms with Gasteiger partial charge in [-0.1, -0.05) is 0 Å². The predicted octanol–water partition coefficient (Wildman–Crippen LogP) is 0.826. The molecule has 2 heterocycles. The summed E-state index contributed by atoms with van der Waals surface area (Å²) in [7, 11) is 1.88. The third kappa shape index (κ3) is 3.69. The number of rotatable bonds is 4. The summed E-state index contributed by atoms with van der Waals surface area (Å²) in [5, 5.41) is 4.31. The van der Waals surface area contributed by atoms with Crippen LogP contribution < -0.4 is 10.9 Å². The van der Waals surface area contributed by atoms with Crippen molar-refractivity contribution in [2.24, 2.45) is 7.05 Å². The highest BCUT2D eigenvalue weighted by atomic mass is 16.2. The van der Waals surface area contributed by atoms with Crippen LogP contribution in [-0.4, -0.2) is 26.6 Å². The molecule has 0 fully saturated rings. The first-order valence-corrected chi connectivity index (χ1v) is 6.97. The van der Waals surface area contributed by atoms with Gasteiger partial charge in [0.25, 0.3) is 5.91 Å². The summed E-state index contributed by atoms with van der Waals surface area (Å²) in [4.78, 5) is 27.4. The Labute approximate surface area is 128 Å². The number of aryl methyl sites for hydroxylation is 2. The van der Waals surface area contributed by atoms with Gasteiger partial charge in [0.1, 0.15) is 0 Å². The number of nitrogens with one attached hydrogen (secondary N) is 2. The van der Waals surface area contributed by atoms with Crippen molar-refractivity contribution in [3.8, 4) is 0 Å². The fourth-order valence-corrected chi connectivity index (χ4v) is 2.18. The van der Waals surface area contributed by atoms with Gasteiger partial charge in [-0.2, -0.15) is 5.10 Å². The monoisotopic (exact) mass is 301 g/mol. The van der Waals surface area contributed by atoms with Crippen molar-refractivity contribution in [3.05, 3.63) is 47.0 Å². The highest BCUT2D eigenvalue weighted by Crippen LogP contribution is 2.13. The number of amides is 2. The molecule has 2 N–H and O–H groups in total. The highest BCUT2D eigenvalue weighted by Gasteiger charge is 2.12. The van der Waals surface area contributed by atoms with Crippen LogP contribution in [0.5, 0.6) is 0 Å². The van der Waals surface area contributed by atoms with Crippen LogP contribution in [0.15, 0.2) is 24.5 Å². The molecule has 0 aliphatic carbocycles. The van der Waals surface area contributed by atoms with Crippen LogP contribution in [0.25, 0.3) is 0 Å².